The predicted octanol–water partition coefficient (Wildman–Crippen LogP) is 4.81. The number of halogens is 2. The number of rotatable bonds is 4. The largest absolute Gasteiger partial charge is 0.299 e. The van der Waals surface area contributed by atoms with Crippen LogP contribution in [-0.2, 0) is 11.2 Å². The Kier molecular flexibility index (Phi) is 4.98. The van der Waals surface area contributed by atoms with Crippen molar-refractivity contribution in [3.63, 3.8) is 0 Å². The maximum absolute atomic E-state index is 13.1. The third-order valence-electron chi connectivity index (χ3n) is 4.04. The van der Waals surface area contributed by atoms with Crippen molar-refractivity contribution in [3.8, 4) is 0 Å². The molecule has 0 aliphatic heterocycles. The van der Waals surface area contributed by atoms with E-state index in [1.165, 1.54) is 18.9 Å². The van der Waals surface area contributed by atoms with Gasteiger partial charge in [-0.15, -0.1) is 0 Å². The minimum atomic E-state index is -0.399. The highest BCUT2D eigenvalue weighted by Crippen LogP contribution is 2.32. The van der Waals surface area contributed by atoms with Crippen LogP contribution in [0, 0.1) is 17.7 Å². The Balaban J connectivity index is 2.03. The van der Waals surface area contributed by atoms with Crippen LogP contribution in [0.25, 0.3) is 0 Å². The van der Waals surface area contributed by atoms with Crippen molar-refractivity contribution >= 4 is 17.4 Å². The van der Waals surface area contributed by atoms with Crippen molar-refractivity contribution in [2.24, 2.45) is 11.8 Å². The number of benzene rings is 1. The van der Waals surface area contributed by atoms with Crippen LogP contribution in [0.4, 0.5) is 4.39 Å². The standard InChI is InChI=1S/C16H20ClFO/c1-2-3-11-5-7-16(19)13(8-11)9-12-4-6-15(18)14(17)10-12/h4,6,10-11,13H,2-3,5,7-9H2,1H3. The predicted molar refractivity (Wildman–Crippen MR) is 75.9 cm³/mol. The second-order valence-electron chi connectivity index (χ2n) is 5.54. The summed E-state index contributed by atoms with van der Waals surface area (Å²) in [5.74, 6) is 0.715. The van der Waals surface area contributed by atoms with Crippen LogP contribution < -0.4 is 0 Å². The lowest BCUT2D eigenvalue weighted by Crippen LogP contribution is -2.26. The Labute approximate surface area is 119 Å². The van der Waals surface area contributed by atoms with Crippen LogP contribution in [0.2, 0.25) is 5.02 Å². The molecule has 2 unspecified atom stereocenters. The molecular formula is C16H20ClFO. The molecule has 0 bridgehead atoms. The van der Waals surface area contributed by atoms with E-state index in [9.17, 15) is 9.18 Å². The van der Waals surface area contributed by atoms with Gasteiger partial charge < -0.3 is 0 Å². The lowest BCUT2D eigenvalue weighted by atomic mass is 9.76. The van der Waals surface area contributed by atoms with E-state index in [2.05, 4.69) is 6.92 Å². The van der Waals surface area contributed by atoms with Gasteiger partial charge in [0.25, 0.3) is 0 Å². The summed E-state index contributed by atoms with van der Waals surface area (Å²) >= 11 is 5.79. The fraction of sp³-hybridized carbons (Fsp3) is 0.562. The minimum Gasteiger partial charge on any atom is -0.299 e. The topological polar surface area (TPSA) is 17.1 Å². The molecule has 1 aliphatic carbocycles. The molecule has 2 rings (SSSR count). The first kappa shape index (κ1) is 14.5. The van der Waals surface area contributed by atoms with Gasteiger partial charge >= 0.3 is 0 Å². The van der Waals surface area contributed by atoms with E-state index in [-0.39, 0.29) is 10.9 Å². The normalized spacial score (nSPS) is 23.6. The Morgan fingerprint density at radius 2 is 2.21 bits per heavy atom. The van der Waals surface area contributed by atoms with Crippen molar-refractivity contribution in [3.05, 3.63) is 34.6 Å². The zero-order chi connectivity index (χ0) is 13.8. The first-order valence-corrected chi connectivity index (χ1v) is 7.44. The molecule has 1 aromatic carbocycles. The van der Waals surface area contributed by atoms with Crippen LogP contribution in [0.3, 0.4) is 0 Å². The molecule has 3 heteroatoms. The maximum Gasteiger partial charge on any atom is 0.141 e. The summed E-state index contributed by atoms with van der Waals surface area (Å²) < 4.78 is 13.1. The number of hydrogen-bond donors (Lipinski definition) is 0. The molecule has 1 nitrogen and oxygen atoms in total. The zero-order valence-corrected chi connectivity index (χ0v) is 12.0. The van der Waals surface area contributed by atoms with Gasteiger partial charge in [-0.05, 0) is 42.9 Å². The smallest absolute Gasteiger partial charge is 0.141 e. The molecule has 0 amide bonds. The van der Waals surface area contributed by atoms with E-state index in [4.69, 9.17) is 11.6 Å². The molecule has 0 radical (unpaired) electrons. The molecule has 1 fully saturated rings. The van der Waals surface area contributed by atoms with Crippen molar-refractivity contribution in [2.45, 2.75) is 45.4 Å². The molecule has 104 valence electrons. The summed E-state index contributed by atoms with van der Waals surface area (Å²) in [4.78, 5) is 12.0. The van der Waals surface area contributed by atoms with Crippen LogP contribution in [-0.4, -0.2) is 5.78 Å². The Hall–Kier alpha value is -0.890. The Bertz CT molecular complexity index is 458. The number of hydrogen-bond acceptors (Lipinski definition) is 1. The zero-order valence-electron chi connectivity index (χ0n) is 11.3. The first-order valence-electron chi connectivity index (χ1n) is 7.06. The molecule has 0 aromatic heterocycles. The van der Waals surface area contributed by atoms with Gasteiger partial charge in [0.05, 0.1) is 5.02 Å². The van der Waals surface area contributed by atoms with Crippen LogP contribution in [0.5, 0.6) is 0 Å². The summed E-state index contributed by atoms with van der Waals surface area (Å²) in [6.07, 6.45) is 5.78. The molecule has 0 heterocycles. The molecule has 1 aromatic rings. The molecule has 19 heavy (non-hydrogen) atoms. The minimum absolute atomic E-state index is 0.0897. The van der Waals surface area contributed by atoms with E-state index >= 15 is 0 Å². The SMILES string of the molecule is CCCC1CCC(=O)C(Cc2ccc(F)c(Cl)c2)C1. The molecule has 1 aliphatic rings. The van der Waals surface area contributed by atoms with Crippen LogP contribution in [0.1, 0.15) is 44.6 Å². The van der Waals surface area contributed by atoms with Gasteiger partial charge in [0, 0.05) is 12.3 Å². The second kappa shape index (κ2) is 6.51. The molecule has 2 atom stereocenters. The summed E-state index contributed by atoms with van der Waals surface area (Å²) in [7, 11) is 0. The summed E-state index contributed by atoms with van der Waals surface area (Å²) in [6.45, 7) is 2.19. The Morgan fingerprint density at radius 1 is 1.42 bits per heavy atom. The lowest BCUT2D eigenvalue weighted by Gasteiger charge is -2.28. The van der Waals surface area contributed by atoms with E-state index < -0.39 is 5.82 Å². The van der Waals surface area contributed by atoms with Gasteiger partial charge in [0.15, 0.2) is 0 Å². The van der Waals surface area contributed by atoms with E-state index in [1.54, 1.807) is 12.1 Å². The molecular weight excluding hydrogens is 263 g/mol. The van der Waals surface area contributed by atoms with E-state index in [0.29, 0.717) is 24.5 Å². The van der Waals surface area contributed by atoms with Crippen LogP contribution in [0.15, 0.2) is 18.2 Å². The maximum atomic E-state index is 13.1. The second-order valence-corrected chi connectivity index (χ2v) is 5.95. The fourth-order valence-corrected chi connectivity index (χ4v) is 3.22. The third-order valence-corrected chi connectivity index (χ3v) is 4.32. The van der Waals surface area contributed by atoms with Gasteiger partial charge in [-0.3, -0.25) is 4.79 Å². The summed E-state index contributed by atoms with van der Waals surface area (Å²) in [6, 6.07) is 4.76. The van der Waals surface area contributed by atoms with Crippen LogP contribution >= 0.6 is 11.6 Å². The number of carbonyl (C=O) groups excluding carboxylic acids is 1. The van der Waals surface area contributed by atoms with Crippen molar-refractivity contribution in [1.29, 1.82) is 0 Å². The van der Waals surface area contributed by atoms with Gasteiger partial charge in [-0.1, -0.05) is 37.4 Å². The van der Waals surface area contributed by atoms with E-state index in [1.807, 2.05) is 0 Å². The van der Waals surface area contributed by atoms with E-state index in [0.717, 1.165) is 18.4 Å². The monoisotopic (exact) mass is 282 g/mol. The van der Waals surface area contributed by atoms with Crippen molar-refractivity contribution in [2.75, 3.05) is 0 Å². The summed E-state index contributed by atoms with van der Waals surface area (Å²) in [5, 5.41) is 0.144. The van der Waals surface area contributed by atoms with Gasteiger partial charge in [0.2, 0.25) is 0 Å². The molecule has 1 saturated carbocycles. The van der Waals surface area contributed by atoms with Gasteiger partial charge in [0.1, 0.15) is 11.6 Å². The highest BCUT2D eigenvalue weighted by molar-refractivity contribution is 6.30. The number of ketones is 1. The average molecular weight is 283 g/mol. The van der Waals surface area contributed by atoms with Gasteiger partial charge in [-0.2, -0.15) is 0 Å². The molecule has 0 N–H and O–H groups in total. The van der Waals surface area contributed by atoms with Gasteiger partial charge in [-0.25, -0.2) is 4.39 Å². The number of Topliss-reactive ketones (excluding diaryl/α,β-unsaturated/α-hetero) is 1. The van der Waals surface area contributed by atoms with Crippen molar-refractivity contribution < 1.29 is 9.18 Å². The highest BCUT2D eigenvalue weighted by Gasteiger charge is 2.28. The van der Waals surface area contributed by atoms with Crippen molar-refractivity contribution in [1.82, 2.24) is 0 Å². The fourth-order valence-electron chi connectivity index (χ4n) is 3.02. The Morgan fingerprint density at radius 3 is 2.89 bits per heavy atom. The summed E-state index contributed by atoms with van der Waals surface area (Å²) in [5.41, 5.74) is 0.960. The average Bonchev–Trinajstić information content (AvgIpc) is 2.38. The number of carbonyl (C=O) groups is 1. The lowest BCUT2D eigenvalue weighted by molar-refractivity contribution is -0.125. The highest BCUT2D eigenvalue weighted by atomic mass is 35.5. The molecule has 0 spiro atoms. The third kappa shape index (κ3) is 3.79. The quantitative estimate of drug-likeness (QED) is 0.775. The molecule has 0 saturated heterocycles. The first-order chi connectivity index (χ1) is 9.10.